The van der Waals surface area contributed by atoms with Gasteiger partial charge in [-0.25, -0.2) is 9.37 Å². The number of hydrogen-bond donors (Lipinski definition) is 1. The molecule has 0 bridgehead atoms. The van der Waals surface area contributed by atoms with E-state index in [1.54, 1.807) is 25.3 Å². The number of methoxy groups -OCH3 is 1. The normalized spacial score (nSPS) is 12.5. The van der Waals surface area contributed by atoms with E-state index in [2.05, 4.69) is 9.97 Å². The lowest BCUT2D eigenvalue weighted by molar-refractivity contribution is 0.0859. The first-order chi connectivity index (χ1) is 11.1. The summed E-state index contributed by atoms with van der Waals surface area (Å²) in [6, 6.07) is 9.87. The molecular weight excluding hydrogens is 319 g/mol. The van der Waals surface area contributed by atoms with E-state index >= 15 is 0 Å². The Bertz CT molecular complexity index is 835. The Kier molecular flexibility index (Phi) is 4.50. The molecule has 3 rings (SSSR count). The van der Waals surface area contributed by atoms with Crippen LogP contribution in [0.3, 0.4) is 0 Å². The SMILES string of the molecule is CCOC(c1ccc(OC)c(Cl)c1)c1nc2ccc(F)cc2[nH]1. The van der Waals surface area contributed by atoms with Gasteiger partial charge in [0.2, 0.25) is 0 Å². The van der Waals surface area contributed by atoms with E-state index in [-0.39, 0.29) is 5.82 Å². The molecule has 1 atom stereocenters. The highest BCUT2D eigenvalue weighted by Crippen LogP contribution is 2.32. The number of H-pyrrole nitrogens is 1. The summed E-state index contributed by atoms with van der Waals surface area (Å²) < 4.78 is 24.3. The predicted molar refractivity (Wildman–Crippen MR) is 87.5 cm³/mol. The molecule has 1 N–H and O–H groups in total. The summed E-state index contributed by atoms with van der Waals surface area (Å²) in [6.07, 6.45) is -0.418. The van der Waals surface area contributed by atoms with Crippen LogP contribution in [0.2, 0.25) is 5.02 Å². The fourth-order valence-corrected chi connectivity index (χ4v) is 2.74. The summed E-state index contributed by atoms with van der Waals surface area (Å²) >= 11 is 6.20. The van der Waals surface area contributed by atoms with Gasteiger partial charge in [-0.05, 0) is 42.8 Å². The predicted octanol–water partition coefficient (Wildman–Crippen LogP) is 4.49. The Morgan fingerprint density at radius 3 is 2.78 bits per heavy atom. The molecule has 1 aromatic heterocycles. The number of hydrogen-bond acceptors (Lipinski definition) is 3. The van der Waals surface area contributed by atoms with Crippen molar-refractivity contribution >= 4 is 22.6 Å². The Morgan fingerprint density at radius 1 is 1.26 bits per heavy atom. The van der Waals surface area contributed by atoms with Gasteiger partial charge in [0, 0.05) is 6.61 Å². The molecule has 3 aromatic rings. The van der Waals surface area contributed by atoms with Crippen molar-refractivity contribution in [1.82, 2.24) is 9.97 Å². The molecule has 0 saturated carbocycles. The van der Waals surface area contributed by atoms with Crippen LogP contribution < -0.4 is 4.74 Å². The van der Waals surface area contributed by atoms with Crippen LogP contribution in [0.4, 0.5) is 4.39 Å². The molecule has 0 radical (unpaired) electrons. The Labute approximate surface area is 138 Å². The fourth-order valence-electron chi connectivity index (χ4n) is 2.47. The topological polar surface area (TPSA) is 47.1 Å². The standard InChI is InChI=1S/C17H16ClFN2O2/c1-3-23-16(10-4-7-15(22-2)12(18)8-10)17-20-13-6-5-11(19)9-14(13)21-17/h4-9,16H,3H2,1-2H3,(H,20,21). The van der Waals surface area contributed by atoms with E-state index in [1.165, 1.54) is 12.1 Å². The number of halogens is 2. The second-order valence-corrected chi connectivity index (χ2v) is 5.42. The smallest absolute Gasteiger partial charge is 0.141 e. The molecule has 1 unspecified atom stereocenters. The third-order valence-electron chi connectivity index (χ3n) is 3.52. The molecule has 0 amide bonds. The van der Waals surface area contributed by atoms with Crippen LogP contribution in [0.1, 0.15) is 24.4 Å². The first-order valence-corrected chi connectivity index (χ1v) is 7.60. The highest BCUT2D eigenvalue weighted by Gasteiger charge is 2.20. The van der Waals surface area contributed by atoms with Crippen molar-refractivity contribution in [1.29, 1.82) is 0 Å². The van der Waals surface area contributed by atoms with Crippen LogP contribution in [0.5, 0.6) is 5.75 Å². The third-order valence-corrected chi connectivity index (χ3v) is 3.82. The number of imidazole rings is 1. The van der Waals surface area contributed by atoms with Crippen molar-refractivity contribution in [2.24, 2.45) is 0 Å². The summed E-state index contributed by atoms with van der Waals surface area (Å²) in [7, 11) is 1.56. The van der Waals surface area contributed by atoms with Gasteiger partial charge >= 0.3 is 0 Å². The number of nitrogens with one attached hydrogen (secondary N) is 1. The minimum Gasteiger partial charge on any atom is -0.495 e. The molecule has 0 spiro atoms. The zero-order valence-corrected chi connectivity index (χ0v) is 13.5. The molecule has 0 saturated heterocycles. The van der Waals surface area contributed by atoms with Gasteiger partial charge < -0.3 is 14.5 Å². The van der Waals surface area contributed by atoms with Gasteiger partial charge in [-0.3, -0.25) is 0 Å². The van der Waals surface area contributed by atoms with E-state index in [0.717, 1.165) is 5.56 Å². The average molecular weight is 335 g/mol. The van der Waals surface area contributed by atoms with Crippen LogP contribution in [0.25, 0.3) is 11.0 Å². The van der Waals surface area contributed by atoms with Gasteiger partial charge in [0.05, 0.1) is 23.2 Å². The number of aromatic nitrogens is 2. The van der Waals surface area contributed by atoms with Crippen molar-refractivity contribution in [3.05, 3.63) is 58.6 Å². The van der Waals surface area contributed by atoms with Gasteiger partial charge in [-0.15, -0.1) is 0 Å². The molecule has 0 aliphatic heterocycles. The number of fused-ring (bicyclic) bond motifs is 1. The summed E-state index contributed by atoms with van der Waals surface area (Å²) in [4.78, 5) is 7.62. The molecule has 4 nitrogen and oxygen atoms in total. The summed E-state index contributed by atoms with van der Waals surface area (Å²) in [5.41, 5.74) is 2.16. The van der Waals surface area contributed by atoms with E-state index in [9.17, 15) is 4.39 Å². The molecule has 0 aliphatic rings. The number of ether oxygens (including phenoxy) is 2. The van der Waals surface area contributed by atoms with Gasteiger partial charge in [0.15, 0.2) is 0 Å². The zero-order chi connectivity index (χ0) is 16.4. The van der Waals surface area contributed by atoms with Crippen LogP contribution >= 0.6 is 11.6 Å². The van der Waals surface area contributed by atoms with Crippen molar-refractivity contribution < 1.29 is 13.9 Å². The van der Waals surface area contributed by atoms with Crippen molar-refractivity contribution in [3.63, 3.8) is 0 Å². The quantitative estimate of drug-likeness (QED) is 0.747. The van der Waals surface area contributed by atoms with E-state index in [1.807, 2.05) is 13.0 Å². The lowest BCUT2D eigenvalue weighted by Crippen LogP contribution is -2.08. The zero-order valence-electron chi connectivity index (χ0n) is 12.8. The maximum atomic E-state index is 13.3. The second-order valence-electron chi connectivity index (χ2n) is 5.01. The maximum absolute atomic E-state index is 13.3. The minimum atomic E-state index is -0.418. The molecule has 0 aliphatic carbocycles. The van der Waals surface area contributed by atoms with Crippen molar-refractivity contribution in [3.8, 4) is 5.75 Å². The maximum Gasteiger partial charge on any atom is 0.141 e. The molecule has 120 valence electrons. The first kappa shape index (κ1) is 15.8. The van der Waals surface area contributed by atoms with Crippen LogP contribution in [-0.4, -0.2) is 23.7 Å². The Balaban J connectivity index is 2.04. The highest BCUT2D eigenvalue weighted by atomic mass is 35.5. The number of rotatable bonds is 5. The Hall–Kier alpha value is -2.11. The van der Waals surface area contributed by atoms with Crippen LogP contribution in [-0.2, 0) is 4.74 Å². The highest BCUT2D eigenvalue weighted by molar-refractivity contribution is 6.32. The van der Waals surface area contributed by atoms with E-state index in [0.29, 0.717) is 34.2 Å². The van der Waals surface area contributed by atoms with Gasteiger partial charge in [0.1, 0.15) is 23.5 Å². The molecule has 1 heterocycles. The largest absolute Gasteiger partial charge is 0.495 e. The lowest BCUT2D eigenvalue weighted by atomic mass is 10.1. The average Bonchev–Trinajstić information content (AvgIpc) is 2.95. The van der Waals surface area contributed by atoms with Gasteiger partial charge in [0.25, 0.3) is 0 Å². The summed E-state index contributed by atoms with van der Waals surface area (Å²) in [5, 5.41) is 0.497. The van der Waals surface area contributed by atoms with Crippen molar-refractivity contribution in [2.45, 2.75) is 13.0 Å². The summed E-state index contributed by atoms with van der Waals surface area (Å²) in [6.45, 7) is 2.40. The molecular formula is C17H16ClFN2O2. The first-order valence-electron chi connectivity index (χ1n) is 7.22. The molecule has 6 heteroatoms. The monoisotopic (exact) mass is 334 g/mol. The minimum absolute atomic E-state index is 0.312. The van der Waals surface area contributed by atoms with Crippen LogP contribution in [0, 0.1) is 5.82 Å². The lowest BCUT2D eigenvalue weighted by Gasteiger charge is -2.16. The molecule has 2 aromatic carbocycles. The molecule has 0 fully saturated rings. The van der Waals surface area contributed by atoms with Crippen LogP contribution in [0.15, 0.2) is 36.4 Å². The van der Waals surface area contributed by atoms with Gasteiger partial charge in [-0.2, -0.15) is 0 Å². The number of aromatic amines is 1. The third kappa shape index (κ3) is 3.16. The number of benzene rings is 2. The van der Waals surface area contributed by atoms with E-state index < -0.39 is 6.10 Å². The Morgan fingerprint density at radius 2 is 2.09 bits per heavy atom. The molecule has 23 heavy (non-hydrogen) atoms. The van der Waals surface area contributed by atoms with Gasteiger partial charge in [-0.1, -0.05) is 17.7 Å². The summed E-state index contributed by atoms with van der Waals surface area (Å²) in [5.74, 6) is 0.888. The number of nitrogens with zero attached hydrogens (tertiary/aromatic N) is 1. The van der Waals surface area contributed by atoms with E-state index in [4.69, 9.17) is 21.1 Å². The second kappa shape index (κ2) is 6.56. The fraction of sp³-hybridized carbons (Fsp3) is 0.235. The van der Waals surface area contributed by atoms with Crippen molar-refractivity contribution in [2.75, 3.05) is 13.7 Å².